The van der Waals surface area contributed by atoms with E-state index in [0.29, 0.717) is 41.1 Å². The maximum atomic E-state index is 12.4. The molecule has 0 fully saturated rings. The molecule has 1 aromatic heterocycles. The van der Waals surface area contributed by atoms with Crippen LogP contribution in [0.15, 0.2) is 35.5 Å². The van der Waals surface area contributed by atoms with E-state index in [-0.39, 0.29) is 0 Å². The van der Waals surface area contributed by atoms with Crippen molar-refractivity contribution in [3.05, 3.63) is 42.0 Å². The topological polar surface area (TPSA) is 61.3 Å². The molecule has 2 heterocycles. The van der Waals surface area contributed by atoms with E-state index in [1.807, 2.05) is 19.1 Å². The van der Waals surface area contributed by atoms with Crippen LogP contribution in [0.3, 0.4) is 0 Å². The Hall–Kier alpha value is -1.95. The van der Waals surface area contributed by atoms with Crippen molar-refractivity contribution in [2.75, 3.05) is 13.2 Å². The Kier molecular flexibility index (Phi) is 4.15. The highest BCUT2D eigenvalue weighted by Gasteiger charge is 2.14. The summed E-state index contributed by atoms with van der Waals surface area (Å²) in [6, 6.07) is 5.42. The van der Waals surface area contributed by atoms with E-state index in [4.69, 9.17) is 9.47 Å². The third kappa shape index (κ3) is 3.39. The Labute approximate surface area is 125 Å². The van der Waals surface area contributed by atoms with E-state index in [2.05, 4.69) is 9.97 Å². The van der Waals surface area contributed by atoms with Crippen molar-refractivity contribution in [3.63, 3.8) is 0 Å². The second-order valence-corrected chi connectivity index (χ2v) is 6.25. The number of rotatable bonds is 3. The lowest BCUT2D eigenvalue weighted by Crippen LogP contribution is -2.01. The molecule has 2 aromatic rings. The molecule has 110 valence electrons. The number of hydrogen-bond acceptors (Lipinski definition) is 5. The van der Waals surface area contributed by atoms with Gasteiger partial charge in [-0.3, -0.25) is 14.2 Å². The molecule has 0 unspecified atom stereocenters. The quantitative estimate of drug-likeness (QED) is 0.870. The molecular weight excluding hydrogens is 288 g/mol. The summed E-state index contributed by atoms with van der Waals surface area (Å²) in [7, 11) is -1.18. The van der Waals surface area contributed by atoms with Gasteiger partial charge in [-0.1, -0.05) is 0 Å². The molecule has 6 heteroatoms. The molecule has 0 saturated carbocycles. The van der Waals surface area contributed by atoms with E-state index in [9.17, 15) is 4.21 Å². The second-order valence-electron chi connectivity index (χ2n) is 4.80. The molecule has 0 N–H and O–H groups in total. The Morgan fingerprint density at radius 2 is 1.95 bits per heavy atom. The Morgan fingerprint density at radius 3 is 2.71 bits per heavy atom. The Bertz CT molecular complexity index is 658. The predicted molar refractivity (Wildman–Crippen MR) is 78.9 cm³/mol. The summed E-state index contributed by atoms with van der Waals surface area (Å²) in [6.07, 6.45) is 4.20. The van der Waals surface area contributed by atoms with Crippen LogP contribution in [0.25, 0.3) is 0 Å². The van der Waals surface area contributed by atoms with Crippen LogP contribution in [0.1, 0.15) is 17.8 Å². The molecule has 0 aliphatic carbocycles. The zero-order valence-electron chi connectivity index (χ0n) is 11.7. The largest absolute Gasteiger partial charge is 0.490 e. The smallest absolute Gasteiger partial charge is 0.162 e. The van der Waals surface area contributed by atoms with Crippen LogP contribution in [0.5, 0.6) is 11.5 Å². The highest BCUT2D eigenvalue weighted by Crippen LogP contribution is 2.31. The molecule has 0 saturated heterocycles. The zero-order valence-corrected chi connectivity index (χ0v) is 12.6. The zero-order chi connectivity index (χ0) is 14.7. The summed E-state index contributed by atoms with van der Waals surface area (Å²) >= 11 is 0. The molecule has 0 radical (unpaired) electrons. The molecule has 1 aliphatic heterocycles. The lowest BCUT2D eigenvalue weighted by atomic mass is 10.3. The van der Waals surface area contributed by atoms with E-state index in [0.717, 1.165) is 12.1 Å². The van der Waals surface area contributed by atoms with Gasteiger partial charge < -0.3 is 9.47 Å². The van der Waals surface area contributed by atoms with Crippen LogP contribution in [-0.2, 0) is 16.6 Å². The average molecular weight is 304 g/mol. The third-order valence-corrected chi connectivity index (χ3v) is 4.43. The van der Waals surface area contributed by atoms with Crippen molar-refractivity contribution in [1.29, 1.82) is 0 Å². The van der Waals surface area contributed by atoms with Crippen LogP contribution < -0.4 is 9.47 Å². The van der Waals surface area contributed by atoms with Crippen molar-refractivity contribution < 1.29 is 13.7 Å². The molecule has 21 heavy (non-hydrogen) atoms. The minimum atomic E-state index is -1.18. The minimum absolute atomic E-state index is 0.340. The second kappa shape index (κ2) is 6.22. The average Bonchev–Trinajstić information content (AvgIpc) is 2.74. The maximum Gasteiger partial charge on any atom is 0.162 e. The first-order valence-corrected chi connectivity index (χ1v) is 8.10. The first-order chi connectivity index (χ1) is 10.2. The van der Waals surface area contributed by atoms with Crippen LogP contribution in [0, 0.1) is 6.92 Å². The first-order valence-electron chi connectivity index (χ1n) is 6.78. The third-order valence-electron chi connectivity index (χ3n) is 3.10. The van der Waals surface area contributed by atoms with Crippen molar-refractivity contribution in [3.8, 4) is 11.5 Å². The number of aryl methyl sites for hydroxylation is 1. The SMILES string of the molecule is Cc1cnc(C[S@](=O)c2ccc3c(c2)OCCCO3)cn1. The van der Waals surface area contributed by atoms with Gasteiger partial charge in [0, 0.05) is 29.8 Å². The lowest BCUT2D eigenvalue weighted by molar-refractivity contribution is 0.297. The Balaban J connectivity index is 1.78. The molecular formula is C15H16N2O3S. The molecule has 5 nitrogen and oxygen atoms in total. The van der Waals surface area contributed by atoms with Gasteiger partial charge in [-0.25, -0.2) is 0 Å². The van der Waals surface area contributed by atoms with E-state index < -0.39 is 10.8 Å². The van der Waals surface area contributed by atoms with Crippen molar-refractivity contribution in [2.45, 2.75) is 24.0 Å². The predicted octanol–water partition coefficient (Wildman–Crippen LogP) is 2.25. The van der Waals surface area contributed by atoms with Crippen molar-refractivity contribution in [2.24, 2.45) is 0 Å². The molecule has 0 spiro atoms. The number of nitrogens with zero attached hydrogens (tertiary/aromatic N) is 2. The number of fused-ring (bicyclic) bond motifs is 1. The summed E-state index contributed by atoms with van der Waals surface area (Å²) in [5.74, 6) is 1.71. The summed E-state index contributed by atoms with van der Waals surface area (Å²) in [5, 5.41) is 0. The summed E-state index contributed by atoms with van der Waals surface area (Å²) < 4.78 is 23.6. The van der Waals surface area contributed by atoms with E-state index in [1.54, 1.807) is 18.5 Å². The standard InChI is InChI=1S/C15H16N2O3S/c1-11-8-17-12(9-16-11)10-21(18)13-3-4-14-15(7-13)20-6-2-5-19-14/h3-4,7-9H,2,5-6,10H2,1H3/t21-/m0/s1. The summed E-state index contributed by atoms with van der Waals surface area (Å²) in [5.41, 5.74) is 1.56. The molecule has 0 bridgehead atoms. The van der Waals surface area contributed by atoms with Gasteiger partial charge in [0.2, 0.25) is 0 Å². The van der Waals surface area contributed by atoms with Gasteiger partial charge in [-0.05, 0) is 19.1 Å². The van der Waals surface area contributed by atoms with Crippen LogP contribution >= 0.6 is 0 Å². The highest BCUT2D eigenvalue weighted by molar-refractivity contribution is 7.84. The van der Waals surface area contributed by atoms with Gasteiger partial charge in [0.25, 0.3) is 0 Å². The highest BCUT2D eigenvalue weighted by atomic mass is 32.2. The maximum absolute atomic E-state index is 12.4. The van der Waals surface area contributed by atoms with Gasteiger partial charge in [0.05, 0.1) is 41.2 Å². The molecule has 1 atom stereocenters. The monoisotopic (exact) mass is 304 g/mol. The first kappa shape index (κ1) is 14.0. The van der Waals surface area contributed by atoms with Gasteiger partial charge in [0.1, 0.15) is 0 Å². The normalized spacial score (nSPS) is 15.3. The van der Waals surface area contributed by atoms with E-state index >= 15 is 0 Å². The number of aromatic nitrogens is 2. The number of ether oxygens (including phenoxy) is 2. The minimum Gasteiger partial charge on any atom is -0.490 e. The lowest BCUT2D eigenvalue weighted by Gasteiger charge is -2.09. The molecule has 1 aromatic carbocycles. The van der Waals surface area contributed by atoms with Crippen LogP contribution in [-0.4, -0.2) is 27.4 Å². The summed E-state index contributed by atoms with van der Waals surface area (Å²) in [4.78, 5) is 9.11. The van der Waals surface area contributed by atoms with Crippen molar-refractivity contribution in [1.82, 2.24) is 9.97 Å². The number of benzene rings is 1. The summed E-state index contributed by atoms with van der Waals surface area (Å²) in [6.45, 7) is 3.14. The fraction of sp³-hybridized carbons (Fsp3) is 0.333. The fourth-order valence-corrected chi connectivity index (χ4v) is 3.04. The Morgan fingerprint density at radius 1 is 1.14 bits per heavy atom. The molecule has 0 amide bonds. The van der Waals surface area contributed by atoms with Crippen LogP contribution in [0.4, 0.5) is 0 Å². The molecule has 3 rings (SSSR count). The van der Waals surface area contributed by atoms with Gasteiger partial charge in [-0.2, -0.15) is 0 Å². The van der Waals surface area contributed by atoms with Crippen molar-refractivity contribution >= 4 is 10.8 Å². The molecule has 1 aliphatic rings. The van der Waals surface area contributed by atoms with Gasteiger partial charge >= 0.3 is 0 Å². The van der Waals surface area contributed by atoms with Gasteiger partial charge in [-0.15, -0.1) is 0 Å². The van der Waals surface area contributed by atoms with Crippen LogP contribution in [0.2, 0.25) is 0 Å². The number of hydrogen-bond donors (Lipinski definition) is 0. The van der Waals surface area contributed by atoms with E-state index in [1.165, 1.54) is 0 Å². The fourth-order valence-electron chi connectivity index (χ4n) is 2.00. The van der Waals surface area contributed by atoms with Gasteiger partial charge in [0.15, 0.2) is 11.5 Å².